The summed E-state index contributed by atoms with van der Waals surface area (Å²) in [6, 6.07) is 56.3. The molecule has 0 amide bonds. The molecule has 0 radical (unpaired) electrons. The Morgan fingerprint density at radius 2 is 0.609 bits per heavy atom. The summed E-state index contributed by atoms with van der Waals surface area (Å²) in [7, 11) is 3.47. The standard InChI is InChI=1S/C44H32O2/c1-45-33-21-13-19-31(27-33)41-37-25-11-12-26-38(37)42(32-20-14-22-34(28-32)46-2)44-40(30-17-7-4-8-18-30)36-24-10-9-23-35(36)39(43(41)44)29-15-5-3-6-16-29/h3-28H,1-2H3. The van der Waals surface area contributed by atoms with Gasteiger partial charge in [-0.05, 0) is 101 Å². The van der Waals surface area contributed by atoms with Crippen molar-refractivity contribution in [3.63, 3.8) is 0 Å². The van der Waals surface area contributed by atoms with Gasteiger partial charge in [0.1, 0.15) is 11.5 Å². The van der Waals surface area contributed by atoms with Crippen molar-refractivity contribution in [2.24, 2.45) is 0 Å². The van der Waals surface area contributed by atoms with E-state index >= 15 is 0 Å². The van der Waals surface area contributed by atoms with Crippen LogP contribution in [0.15, 0.2) is 158 Å². The second-order valence-corrected chi connectivity index (χ2v) is 11.5. The number of ether oxygens (including phenoxy) is 2. The van der Waals surface area contributed by atoms with E-state index < -0.39 is 0 Å². The molecule has 0 bridgehead atoms. The molecule has 220 valence electrons. The quantitative estimate of drug-likeness (QED) is 0.179. The Morgan fingerprint density at radius 1 is 0.304 bits per heavy atom. The van der Waals surface area contributed by atoms with Crippen LogP contribution in [-0.2, 0) is 0 Å². The van der Waals surface area contributed by atoms with E-state index in [4.69, 9.17) is 9.47 Å². The Kier molecular flexibility index (Phi) is 6.96. The zero-order valence-electron chi connectivity index (χ0n) is 25.8. The van der Waals surface area contributed by atoms with Gasteiger partial charge in [-0.15, -0.1) is 0 Å². The van der Waals surface area contributed by atoms with Crippen LogP contribution in [0, 0.1) is 0 Å². The molecule has 0 aliphatic rings. The summed E-state index contributed by atoms with van der Waals surface area (Å²) in [5.74, 6) is 1.66. The fourth-order valence-electron chi connectivity index (χ4n) is 7.09. The first-order valence-corrected chi connectivity index (χ1v) is 15.6. The summed E-state index contributed by atoms with van der Waals surface area (Å²) in [5.41, 5.74) is 9.42. The van der Waals surface area contributed by atoms with Gasteiger partial charge in [-0.2, -0.15) is 0 Å². The molecule has 0 unspecified atom stereocenters. The third-order valence-corrected chi connectivity index (χ3v) is 9.02. The zero-order chi connectivity index (χ0) is 31.0. The van der Waals surface area contributed by atoms with Crippen molar-refractivity contribution in [1.82, 2.24) is 0 Å². The lowest BCUT2D eigenvalue weighted by atomic mass is 9.77. The van der Waals surface area contributed by atoms with Crippen molar-refractivity contribution in [2.45, 2.75) is 0 Å². The van der Waals surface area contributed by atoms with Crippen LogP contribution in [-0.4, -0.2) is 14.2 Å². The van der Waals surface area contributed by atoms with Gasteiger partial charge in [0.2, 0.25) is 0 Å². The normalized spacial score (nSPS) is 11.3. The number of fused-ring (bicyclic) bond motifs is 3. The van der Waals surface area contributed by atoms with Crippen LogP contribution in [0.1, 0.15) is 0 Å². The van der Waals surface area contributed by atoms with E-state index in [0.29, 0.717) is 0 Å². The molecular formula is C44H32O2. The average molecular weight is 593 g/mol. The fourth-order valence-corrected chi connectivity index (χ4v) is 7.09. The predicted octanol–water partition coefficient (Wildman–Crippen LogP) is 11.8. The van der Waals surface area contributed by atoms with Gasteiger partial charge >= 0.3 is 0 Å². The highest BCUT2D eigenvalue weighted by molar-refractivity contribution is 6.33. The molecular weight excluding hydrogens is 560 g/mol. The highest BCUT2D eigenvalue weighted by atomic mass is 16.5. The number of hydrogen-bond donors (Lipinski definition) is 0. The van der Waals surface area contributed by atoms with Crippen LogP contribution in [0.4, 0.5) is 0 Å². The lowest BCUT2D eigenvalue weighted by molar-refractivity contribution is 0.415. The average Bonchev–Trinajstić information content (AvgIpc) is 3.13. The van der Waals surface area contributed by atoms with Gasteiger partial charge in [-0.1, -0.05) is 133 Å². The van der Waals surface area contributed by atoms with Crippen molar-refractivity contribution in [3.05, 3.63) is 158 Å². The Balaban J connectivity index is 1.75. The molecule has 2 nitrogen and oxygen atoms in total. The third kappa shape index (κ3) is 4.50. The molecule has 8 aromatic rings. The second kappa shape index (κ2) is 11.6. The SMILES string of the molecule is COc1cccc(-c2c3ccccc3c(-c3cccc(OC)c3)c3c(-c4ccccc4)c4ccccc4c(-c4ccccc4)c23)c1. The molecule has 0 atom stereocenters. The Morgan fingerprint density at radius 3 is 0.957 bits per heavy atom. The molecule has 0 aliphatic carbocycles. The highest BCUT2D eigenvalue weighted by Crippen LogP contribution is 2.53. The summed E-state index contributed by atoms with van der Waals surface area (Å²) in [6.45, 7) is 0. The molecule has 0 aliphatic heterocycles. The maximum absolute atomic E-state index is 5.78. The number of rotatable bonds is 6. The first-order valence-electron chi connectivity index (χ1n) is 15.6. The lowest BCUT2D eigenvalue weighted by Gasteiger charge is -2.25. The Labute approximate surface area is 269 Å². The molecule has 0 saturated carbocycles. The van der Waals surface area contributed by atoms with E-state index in [1.54, 1.807) is 14.2 Å². The topological polar surface area (TPSA) is 18.5 Å². The van der Waals surface area contributed by atoms with Crippen LogP contribution in [0.2, 0.25) is 0 Å². The summed E-state index contributed by atoms with van der Waals surface area (Å²) in [5, 5.41) is 7.24. The van der Waals surface area contributed by atoms with E-state index in [2.05, 4.69) is 146 Å². The molecule has 0 spiro atoms. The van der Waals surface area contributed by atoms with E-state index in [9.17, 15) is 0 Å². The summed E-state index contributed by atoms with van der Waals surface area (Å²) in [4.78, 5) is 0. The van der Waals surface area contributed by atoms with Gasteiger partial charge in [0.25, 0.3) is 0 Å². The van der Waals surface area contributed by atoms with Crippen molar-refractivity contribution in [2.75, 3.05) is 14.2 Å². The predicted molar refractivity (Wildman–Crippen MR) is 194 cm³/mol. The summed E-state index contributed by atoms with van der Waals surface area (Å²) in [6.07, 6.45) is 0. The van der Waals surface area contributed by atoms with Crippen molar-refractivity contribution in [3.8, 4) is 56.0 Å². The van der Waals surface area contributed by atoms with Crippen LogP contribution in [0.25, 0.3) is 76.8 Å². The molecule has 0 heterocycles. The maximum Gasteiger partial charge on any atom is 0.119 e. The first kappa shape index (κ1) is 27.7. The van der Waals surface area contributed by atoms with Gasteiger partial charge in [-0.3, -0.25) is 0 Å². The zero-order valence-corrected chi connectivity index (χ0v) is 25.8. The van der Waals surface area contributed by atoms with Gasteiger partial charge in [0.15, 0.2) is 0 Å². The molecule has 2 heteroatoms. The van der Waals surface area contributed by atoms with Gasteiger partial charge in [0.05, 0.1) is 14.2 Å². The second-order valence-electron chi connectivity index (χ2n) is 11.5. The number of benzene rings is 8. The van der Waals surface area contributed by atoms with Crippen LogP contribution >= 0.6 is 0 Å². The van der Waals surface area contributed by atoms with E-state index in [-0.39, 0.29) is 0 Å². The van der Waals surface area contributed by atoms with Crippen molar-refractivity contribution >= 4 is 32.3 Å². The van der Waals surface area contributed by atoms with Crippen LogP contribution in [0.5, 0.6) is 11.5 Å². The Hall–Kier alpha value is -5.86. The van der Waals surface area contributed by atoms with Gasteiger partial charge in [-0.25, -0.2) is 0 Å². The first-order chi connectivity index (χ1) is 22.8. The molecule has 0 N–H and O–H groups in total. The molecule has 0 fully saturated rings. The molecule has 0 saturated heterocycles. The molecule has 46 heavy (non-hydrogen) atoms. The van der Waals surface area contributed by atoms with Crippen molar-refractivity contribution < 1.29 is 9.47 Å². The number of methoxy groups -OCH3 is 2. The van der Waals surface area contributed by atoms with Crippen molar-refractivity contribution in [1.29, 1.82) is 0 Å². The van der Waals surface area contributed by atoms with Gasteiger partial charge < -0.3 is 9.47 Å². The summed E-state index contributed by atoms with van der Waals surface area (Å²) < 4.78 is 11.6. The monoisotopic (exact) mass is 592 g/mol. The minimum Gasteiger partial charge on any atom is -0.497 e. The highest BCUT2D eigenvalue weighted by Gasteiger charge is 2.26. The Bertz CT molecular complexity index is 2200. The molecule has 8 aromatic carbocycles. The summed E-state index contributed by atoms with van der Waals surface area (Å²) >= 11 is 0. The van der Waals surface area contributed by atoms with E-state index in [0.717, 1.165) is 22.6 Å². The maximum atomic E-state index is 5.78. The lowest BCUT2D eigenvalue weighted by Crippen LogP contribution is -1.98. The number of hydrogen-bond acceptors (Lipinski definition) is 2. The minimum absolute atomic E-state index is 0.830. The largest absolute Gasteiger partial charge is 0.497 e. The smallest absolute Gasteiger partial charge is 0.119 e. The van der Waals surface area contributed by atoms with E-state index in [1.807, 2.05) is 12.1 Å². The van der Waals surface area contributed by atoms with E-state index in [1.165, 1.54) is 65.7 Å². The molecule has 0 aromatic heterocycles. The van der Waals surface area contributed by atoms with Crippen LogP contribution in [0.3, 0.4) is 0 Å². The molecule has 8 rings (SSSR count). The van der Waals surface area contributed by atoms with Gasteiger partial charge in [0, 0.05) is 0 Å². The third-order valence-electron chi connectivity index (χ3n) is 9.02. The minimum atomic E-state index is 0.830. The fraction of sp³-hybridized carbons (Fsp3) is 0.0455. The van der Waals surface area contributed by atoms with Crippen LogP contribution < -0.4 is 9.47 Å².